The summed E-state index contributed by atoms with van der Waals surface area (Å²) in [6.07, 6.45) is 0. The molecular weight excluding hydrogens is 250 g/mol. The van der Waals surface area contributed by atoms with Gasteiger partial charge in [-0.2, -0.15) is 0 Å². The van der Waals surface area contributed by atoms with Crippen LogP contribution in [0.2, 0.25) is 0 Å². The highest BCUT2D eigenvalue weighted by atomic mass is 15.3. The topological polar surface area (TPSA) is 67.1 Å². The maximum atomic E-state index is 5.52. The summed E-state index contributed by atoms with van der Waals surface area (Å²) < 4.78 is 0. The van der Waals surface area contributed by atoms with Crippen LogP contribution in [-0.2, 0) is 0 Å². The Labute approximate surface area is 119 Å². The fourth-order valence-electron chi connectivity index (χ4n) is 2.16. The summed E-state index contributed by atoms with van der Waals surface area (Å²) in [5.74, 6) is 7.70. The minimum absolute atomic E-state index is 0.365. The lowest BCUT2D eigenvalue weighted by molar-refractivity contribution is 0.693. The number of nitrogens with two attached hydrogens (primary N) is 1. The maximum Gasteiger partial charge on any atom is 0.163 e. The molecule has 0 saturated carbocycles. The molecule has 0 saturated heterocycles. The summed E-state index contributed by atoms with van der Waals surface area (Å²) in [4.78, 5) is 11.3. The summed E-state index contributed by atoms with van der Waals surface area (Å²) in [5, 5.41) is 0. The highest BCUT2D eigenvalue weighted by Crippen LogP contribution is 2.23. The fourth-order valence-corrected chi connectivity index (χ4v) is 2.16. The van der Waals surface area contributed by atoms with E-state index in [-0.39, 0.29) is 0 Å². The van der Waals surface area contributed by atoms with Gasteiger partial charge in [0.15, 0.2) is 5.82 Å². The molecular formula is C15H21N5. The van der Waals surface area contributed by atoms with Gasteiger partial charge in [-0.25, -0.2) is 15.8 Å². The molecule has 0 atom stereocenters. The molecule has 0 spiro atoms. The van der Waals surface area contributed by atoms with E-state index in [1.54, 1.807) is 0 Å². The second-order valence-corrected chi connectivity index (χ2v) is 4.83. The third kappa shape index (κ3) is 3.05. The van der Waals surface area contributed by atoms with Crippen molar-refractivity contribution >= 4 is 11.6 Å². The predicted molar refractivity (Wildman–Crippen MR) is 83.4 cm³/mol. The van der Waals surface area contributed by atoms with Gasteiger partial charge in [-0.1, -0.05) is 30.3 Å². The summed E-state index contributed by atoms with van der Waals surface area (Å²) >= 11 is 0. The van der Waals surface area contributed by atoms with Crippen LogP contribution in [0.1, 0.15) is 20.8 Å². The lowest BCUT2D eigenvalue weighted by Gasteiger charge is -2.26. The first-order valence-corrected chi connectivity index (χ1v) is 6.83. The Hall–Kier alpha value is -2.14. The van der Waals surface area contributed by atoms with Crippen molar-refractivity contribution in [1.82, 2.24) is 9.97 Å². The van der Waals surface area contributed by atoms with Crippen molar-refractivity contribution in [3.63, 3.8) is 0 Å². The molecule has 20 heavy (non-hydrogen) atoms. The highest BCUT2D eigenvalue weighted by molar-refractivity contribution is 5.61. The van der Waals surface area contributed by atoms with Crippen molar-refractivity contribution in [3.05, 3.63) is 36.4 Å². The first kappa shape index (κ1) is 14.3. The number of nitrogens with one attached hydrogen (secondary N) is 1. The molecule has 0 amide bonds. The van der Waals surface area contributed by atoms with Crippen LogP contribution in [0.3, 0.4) is 0 Å². The molecule has 5 heteroatoms. The maximum absolute atomic E-state index is 5.52. The van der Waals surface area contributed by atoms with Crippen LogP contribution in [0.4, 0.5) is 11.6 Å². The van der Waals surface area contributed by atoms with Crippen LogP contribution in [-0.4, -0.2) is 22.6 Å². The zero-order valence-corrected chi connectivity index (χ0v) is 12.2. The van der Waals surface area contributed by atoms with Gasteiger partial charge in [0, 0.05) is 24.2 Å². The molecule has 0 fully saturated rings. The highest BCUT2D eigenvalue weighted by Gasteiger charge is 2.13. The van der Waals surface area contributed by atoms with E-state index < -0.39 is 0 Å². The number of rotatable bonds is 5. The number of nitrogens with zero attached hydrogens (tertiary/aromatic N) is 3. The molecule has 0 unspecified atom stereocenters. The van der Waals surface area contributed by atoms with E-state index in [1.807, 2.05) is 36.4 Å². The average molecular weight is 271 g/mol. The van der Waals surface area contributed by atoms with E-state index in [0.29, 0.717) is 17.7 Å². The Balaban J connectivity index is 2.49. The van der Waals surface area contributed by atoms with Crippen LogP contribution >= 0.6 is 0 Å². The molecule has 3 N–H and O–H groups in total. The number of hydrogen-bond acceptors (Lipinski definition) is 5. The molecule has 1 aromatic carbocycles. The Morgan fingerprint density at radius 1 is 1.20 bits per heavy atom. The number of hydrogen-bond donors (Lipinski definition) is 2. The summed E-state index contributed by atoms with van der Waals surface area (Å²) in [5.41, 5.74) is 3.60. The van der Waals surface area contributed by atoms with Gasteiger partial charge in [0.25, 0.3) is 0 Å². The minimum atomic E-state index is 0.365. The van der Waals surface area contributed by atoms with E-state index in [9.17, 15) is 0 Å². The van der Waals surface area contributed by atoms with Gasteiger partial charge in [0.05, 0.1) is 0 Å². The molecule has 2 aromatic rings. The Morgan fingerprint density at radius 2 is 1.90 bits per heavy atom. The number of anilines is 2. The van der Waals surface area contributed by atoms with E-state index in [1.165, 1.54) is 0 Å². The third-order valence-electron chi connectivity index (χ3n) is 3.15. The molecule has 106 valence electrons. The van der Waals surface area contributed by atoms with Crippen LogP contribution in [0.5, 0.6) is 0 Å². The Morgan fingerprint density at radius 3 is 2.45 bits per heavy atom. The standard InChI is InChI=1S/C15H21N5/c1-4-20(11(2)3)14-10-13(19-16)17-15(18-14)12-8-6-5-7-9-12/h5-11H,4,16H2,1-3H3,(H,17,18,19). The summed E-state index contributed by atoms with van der Waals surface area (Å²) in [6, 6.07) is 12.1. The molecule has 5 nitrogen and oxygen atoms in total. The molecule has 1 aromatic heterocycles. The van der Waals surface area contributed by atoms with Crippen LogP contribution in [0.15, 0.2) is 36.4 Å². The van der Waals surface area contributed by atoms with Crippen LogP contribution in [0.25, 0.3) is 11.4 Å². The van der Waals surface area contributed by atoms with Gasteiger partial charge in [0.1, 0.15) is 11.6 Å². The molecule has 0 aliphatic heterocycles. The van der Waals surface area contributed by atoms with Gasteiger partial charge < -0.3 is 10.3 Å². The van der Waals surface area contributed by atoms with Crippen LogP contribution in [0, 0.1) is 0 Å². The van der Waals surface area contributed by atoms with Gasteiger partial charge in [0.2, 0.25) is 0 Å². The lowest BCUT2D eigenvalue weighted by Crippen LogP contribution is -2.31. The number of aromatic nitrogens is 2. The average Bonchev–Trinajstić information content (AvgIpc) is 2.48. The third-order valence-corrected chi connectivity index (χ3v) is 3.15. The Kier molecular flexibility index (Phi) is 4.53. The summed E-state index contributed by atoms with van der Waals surface area (Å²) in [6.45, 7) is 7.28. The Bertz CT molecular complexity index is 553. The van der Waals surface area contributed by atoms with Crippen molar-refractivity contribution in [2.45, 2.75) is 26.8 Å². The molecule has 2 rings (SSSR count). The SMILES string of the molecule is CCN(c1cc(NN)nc(-c2ccccc2)n1)C(C)C. The normalized spacial score (nSPS) is 10.7. The van der Waals surface area contributed by atoms with E-state index >= 15 is 0 Å². The van der Waals surface area contributed by atoms with Crippen molar-refractivity contribution in [3.8, 4) is 11.4 Å². The largest absolute Gasteiger partial charge is 0.354 e. The zero-order valence-electron chi connectivity index (χ0n) is 12.2. The van der Waals surface area contributed by atoms with Crippen LogP contribution < -0.4 is 16.2 Å². The first-order valence-electron chi connectivity index (χ1n) is 6.83. The number of benzene rings is 1. The van der Waals surface area contributed by atoms with Crippen molar-refractivity contribution < 1.29 is 0 Å². The van der Waals surface area contributed by atoms with E-state index in [2.05, 4.69) is 41.1 Å². The van der Waals surface area contributed by atoms with Crippen molar-refractivity contribution in [1.29, 1.82) is 0 Å². The van der Waals surface area contributed by atoms with Crippen molar-refractivity contribution in [2.75, 3.05) is 16.9 Å². The second kappa shape index (κ2) is 6.34. The van der Waals surface area contributed by atoms with Gasteiger partial charge in [-0.05, 0) is 20.8 Å². The zero-order chi connectivity index (χ0) is 14.5. The summed E-state index contributed by atoms with van der Waals surface area (Å²) in [7, 11) is 0. The predicted octanol–water partition coefficient (Wildman–Crippen LogP) is 2.66. The molecule has 0 radical (unpaired) electrons. The van der Waals surface area contributed by atoms with Gasteiger partial charge >= 0.3 is 0 Å². The molecule has 0 bridgehead atoms. The number of hydrazine groups is 1. The fraction of sp³-hybridized carbons (Fsp3) is 0.333. The van der Waals surface area contributed by atoms with E-state index in [0.717, 1.165) is 17.9 Å². The number of nitrogen functional groups attached to an aromatic ring is 1. The molecule has 0 aliphatic carbocycles. The minimum Gasteiger partial charge on any atom is -0.354 e. The lowest BCUT2D eigenvalue weighted by atomic mass is 10.2. The smallest absolute Gasteiger partial charge is 0.163 e. The van der Waals surface area contributed by atoms with Crippen molar-refractivity contribution in [2.24, 2.45) is 5.84 Å². The quantitative estimate of drug-likeness (QED) is 0.646. The molecule has 0 aliphatic rings. The monoisotopic (exact) mass is 271 g/mol. The van der Waals surface area contributed by atoms with Gasteiger partial charge in [-0.15, -0.1) is 0 Å². The van der Waals surface area contributed by atoms with Gasteiger partial charge in [-0.3, -0.25) is 0 Å². The second-order valence-electron chi connectivity index (χ2n) is 4.83. The van der Waals surface area contributed by atoms with E-state index in [4.69, 9.17) is 5.84 Å². The first-order chi connectivity index (χ1) is 9.65. The molecule has 1 heterocycles.